The highest BCUT2D eigenvalue weighted by molar-refractivity contribution is 14.1. The molecule has 0 spiro atoms. The van der Waals surface area contributed by atoms with Crippen molar-refractivity contribution in [3.05, 3.63) is 24.0 Å². The number of hydrogen-bond donors (Lipinski definition) is 1. The molecule has 0 aliphatic heterocycles. The summed E-state index contributed by atoms with van der Waals surface area (Å²) in [5.41, 5.74) is 0. The maximum Gasteiger partial charge on any atom is 0.114 e. The monoisotopic (exact) mass is 293 g/mol. The predicted octanol–water partition coefficient (Wildman–Crippen LogP) is 2.26. The van der Waals surface area contributed by atoms with E-state index in [1.165, 1.54) is 0 Å². The molecule has 0 heterocycles. The number of alkyl halides is 1. The van der Waals surface area contributed by atoms with Crippen LogP contribution in [0.5, 0.6) is 0 Å². The van der Waals surface area contributed by atoms with E-state index >= 15 is 0 Å². The maximum absolute atomic E-state index is 5.14. The van der Waals surface area contributed by atoms with E-state index in [0.29, 0.717) is 0 Å². The van der Waals surface area contributed by atoms with Crippen LogP contribution in [0.2, 0.25) is 0 Å². The number of hydrogen-bond acceptors (Lipinski definition) is 2. The molecular weight excluding hydrogens is 277 g/mol. The largest absolute Gasteiger partial charge is 0.497 e. The average Bonchev–Trinajstić information content (AvgIpc) is 2.16. The second-order valence-electron chi connectivity index (χ2n) is 3.24. The molecule has 13 heavy (non-hydrogen) atoms. The van der Waals surface area contributed by atoms with E-state index in [-0.39, 0.29) is 3.42 Å². The Labute approximate surface area is 93.6 Å². The van der Waals surface area contributed by atoms with E-state index in [1.807, 2.05) is 7.05 Å². The molecule has 3 heteroatoms. The zero-order valence-corrected chi connectivity index (χ0v) is 10.3. The van der Waals surface area contributed by atoms with Gasteiger partial charge in [0.05, 0.1) is 7.11 Å². The number of halogens is 1. The smallest absolute Gasteiger partial charge is 0.114 e. The third-order valence-corrected chi connectivity index (χ3v) is 3.55. The first-order chi connectivity index (χ1) is 6.20. The second-order valence-corrected chi connectivity index (χ2v) is 5.38. The van der Waals surface area contributed by atoms with Gasteiger partial charge in [0.2, 0.25) is 0 Å². The second kappa shape index (κ2) is 5.00. The van der Waals surface area contributed by atoms with Crippen molar-refractivity contribution in [3.63, 3.8) is 0 Å². The lowest BCUT2D eigenvalue weighted by Crippen LogP contribution is -2.24. The van der Waals surface area contributed by atoms with Gasteiger partial charge < -0.3 is 10.1 Å². The molecule has 1 atom stereocenters. The van der Waals surface area contributed by atoms with Crippen molar-refractivity contribution >= 4 is 22.6 Å². The van der Waals surface area contributed by atoms with E-state index in [2.05, 4.69) is 46.1 Å². The highest BCUT2D eigenvalue weighted by Gasteiger charge is 2.23. The number of methoxy groups -OCH3 is 1. The van der Waals surface area contributed by atoms with E-state index in [9.17, 15) is 0 Å². The Morgan fingerprint density at radius 1 is 1.69 bits per heavy atom. The van der Waals surface area contributed by atoms with E-state index < -0.39 is 0 Å². The Morgan fingerprint density at radius 3 is 2.92 bits per heavy atom. The van der Waals surface area contributed by atoms with Crippen molar-refractivity contribution in [2.75, 3.05) is 20.7 Å². The summed E-state index contributed by atoms with van der Waals surface area (Å²) in [5, 5.41) is 3.17. The molecule has 0 aromatic carbocycles. The summed E-state index contributed by atoms with van der Waals surface area (Å²) in [6, 6.07) is 0. The van der Waals surface area contributed by atoms with Crippen molar-refractivity contribution in [2.24, 2.45) is 0 Å². The minimum atomic E-state index is 0.281. The van der Waals surface area contributed by atoms with Crippen molar-refractivity contribution in [2.45, 2.75) is 16.3 Å². The number of nitrogens with one attached hydrogen (secondary N) is 1. The Kier molecular flexibility index (Phi) is 4.25. The first-order valence-corrected chi connectivity index (χ1v) is 5.55. The van der Waals surface area contributed by atoms with Crippen LogP contribution >= 0.6 is 22.6 Å². The standard InChI is InChI=1S/C10H16INO/c1-12-8-7-10(11)5-3-9(13-2)4-6-10/h3-5,12H,6-8H2,1-2H3. The summed E-state index contributed by atoms with van der Waals surface area (Å²) in [7, 11) is 3.70. The van der Waals surface area contributed by atoms with Gasteiger partial charge in [0.1, 0.15) is 5.76 Å². The predicted molar refractivity (Wildman–Crippen MR) is 64.1 cm³/mol. The van der Waals surface area contributed by atoms with Gasteiger partial charge in [-0.2, -0.15) is 0 Å². The number of rotatable bonds is 4. The van der Waals surface area contributed by atoms with Crippen LogP contribution in [0.1, 0.15) is 12.8 Å². The van der Waals surface area contributed by atoms with Gasteiger partial charge in [-0.3, -0.25) is 0 Å². The molecule has 1 aliphatic carbocycles. The number of allylic oxidation sites excluding steroid dienone is 3. The average molecular weight is 293 g/mol. The van der Waals surface area contributed by atoms with Crippen LogP contribution in [0.4, 0.5) is 0 Å². The summed E-state index contributed by atoms with van der Waals surface area (Å²) < 4.78 is 5.42. The molecule has 0 radical (unpaired) electrons. The summed E-state index contributed by atoms with van der Waals surface area (Å²) >= 11 is 2.51. The summed E-state index contributed by atoms with van der Waals surface area (Å²) in [6.07, 6.45) is 8.68. The van der Waals surface area contributed by atoms with E-state index in [0.717, 1.165) is 25.1 Å². The molecule has 1 rings (SSSR count). The molecule has 1 N–H and O–H groups in total. The van der Waals surface area contributed by atoms with Crippen LogP contribution in [0.25, 0.3) is 0 Å². The van der Waals surface area contributed by atoms with Crippen LogP contribution in [-0.4, -0.2) is 24.1 Å². The topological polar surface area (TPSA) is 21.3 Å². The van der Waals surface area contributed by atoms with Crippen LogP contribution in [-0.2, 0) is 4.74 Å². The molecule has 74 valence electrons. The zero-order chi connectivity index (χ0) is 9.73. The van der Waals surface area contributed by atoms with Gasteiger partial charge >= 0.3 is 0 Å². The molecule has 0 saturated heterocycles. The quantitative estimate of drug-likeness (QED) is 0.634. The van der Waals surface area contributed by atoms with Crippen molar-refractivity contribution in [3.8, 4) is 0 Å². The minimum absolute atomic E-state index is 0.281. The fourth-order valence-corrected chi connectivity index (χ4v) is 1.98. The summed E-state index contributed by atoms with van der Waals surface area (Å²) in [4.78, 5) is 0. The van der Waals surface area contributed by atoms with Gasteiger partial charge in [0.15, 0.2) is 0 Å². The molecule has 2 nitrogen and oxygen atoms in total. The van der Waals surface area contributed by atoms with Crippen molar-refractivity contribution in [1.29, 1.82) is 0 Å². The molecule has 0 saturated carbocycles. The van der Waals surface area contributed by atoms with Crippen LogP contribution < -0.4 is 5.32 Å². The van der Waals surface area contributed by atoms with E-state index in [1.54, 1.807) is 7.11 Å². The summed E-state index contributed by atoms with van der Waals surface area (Å²) in [6.45, 7) is 1.06. The zero-order valence-electron chi connectivity index (χ0n) is 8.14. The van der Waals surface area contributed by atoms with Gasteiger partial charge in [-0.25, -0.2) is 0 Å². The number of ether oxygens (including phenoxy) is 1. The van der Waals surface area contributed by atoms with Crippen LogP contribution in [0.15, 0.2) is 24.0 Å². The van der Waals surface area contributed by atoms with Crippen LogP contribution in [0, 0.1) is 0 Å². The maximum atomic E-state index is 5.14. The molecule has 1 unspecified atom stereocenters. The molecule has 0 amide bonds. The highest BCUT2D eigenvalue weighted by atomic mass is 127. The summed E-state index contributed by atoms with van der Waals surface area (Å²) in [5.74, 6) is 0.983. The molecule has 0 aromatic heterocycles. The fourth-order valence-electron chi connectivity index (χ4n) is 1.31. The van der Waals surface area contributed by atoms with Gasteiger partial charge in [0.25, 0.3) is 0 Å². The lowest BCUT2D eigenvalue weighted by Gasteiger charge is -2.25. The van der Waals surface area contributed by atoms with Crippen molar-refractivity contribution < 1.29 is 4.74 Å². The Morgan fingerprint density at radius 2 is 2.46 bits per heavy atom. The molecule has 0 aromatic rings. The normalized spacial score (nSPS) is 27.2. The third-order valence-electron chi connectivity index (χ3n) is 2.22. The van der Waals surface area contributed by atoms with Gasteiger partial charge in [-0.15, -0.1) is 0 Å². The Bertz CT molecular complexity index is 225. The SMILES string of the molecule is CNCCC1(I)C=CC(OC)=CC1. The van der Waals surface area contributed by atoms with Gasteiger partial charge in [-0.1, -0.05) is 28.7 Å². The fraction of sp³-hybridized carbons (Fsp3) is 0.600. The van der Waals surface area contributed by atoms with E-state index in [4.69, 9.17) is 4.74 Å². The molecule has 1 aliphatic rings. The third kappa shape index (κ3) is 3.31. The van der Waals surface area contributed by atoms with Gasteiger partial charge in [-0.05, 0) is 38.6 Å². The first kappa shape index (κ1) is 11.0. The highest BCUT2D eigenvalue weighted by Crippen LogP contribution is 2.33. The molecule has 0 fully saturated rings. The Balaban J connectivity index is 2.48. The first-order valence-electron chi connectivity index (χ1n) is 4.47. The molecular formula is C10H16INO. The Hall–Kier alpha value is -0.0300. The lowest BCUT2D eigenvalue weighted by molar-refractivity contribution is 0.302. The van der Waals surface area contributed by atoms with Crippen LogP contribution in [0.3, 0.4) is 0 Å². The molecule has 0 bridgehead atoms. The van der Waals surface area contributed by atoms with Gasteiger partial charge in [0, 0.05) is 3.42 Å². The lowest BCUT2D eigenvalue weighted by atomic mass is 9.96. The van der Waals surface area contributed by atoms with Crippen molar-refractivity contribution in [1.82, 2.24) is 5.32 Å². The minimum Gasteiger partial charge on any atom is -0.497 e.